The van der Waals surface area contributed by atoms with Crippen molar-refractivity contribution in [2.75, 3.05) is 5.32 Å². The second-order valence-electron chi connectivity index (χ2n) is 7.12. The molecule has 0 saturated heterocycles. The van der Waals surface area contributed by atoms with Crippen LogP contribution in [-0.4, -0.2) is 21.2 Å². The summed E-state index contributed by atoms with van der Waals surface area (Å²) >= 11 is 12.5. The molecule has 0 saturated carbocycles. The molecule has 2 heterocycles. The van der Waals surface area contributed by atoms with Gasteiger partial charge in [-0.1, -0.05) is 41.4 Å². The summed E-state index contributed by atoms with van der Waals surface area (Å²) in [7, 11) is 0. The van der Waals surface area contributed by atoms with E-state index in [9.17, 15) is 9.90 Å². The Morgan fingerprint density at radius 1 is 0.938 bits per heavy atom. The number of carbonyl (C=O) groups is 1. The van der Waals surface area contributed by atoms with Gasteiger partial charge in [0.25, 0.3) is 0 Å². The molecule has 1 amide bonds. The molecule has 0 fully saturated rings. The summed E-state index contributed by atoms with van der Waals surface area (Å²) in [5.41, 5.74) is 2.76. The first-order valence-corrected chi connectivity index (χ1v) is 10.4. The highest BCUT2D eigenvalue weighted by Gasteiger charge is 2.14. The minimum Gasteiger partial charge on any atom is -0.508 e. The van der Waals surface area contributed by atoms with Crippen molar-refractivity contribution in [2.45, 2.75) is 0 Å². The Bertz CT molecular complexity index is 1470. The van der Waals surface area contributed by atoms with Gasteiger partial charge in [0.2, 0.25) is 0 Å². The number of pyridine rings is 1. The van der Waals surface area contributed by atoms with Crippen LogP contribution in [0.1, 0.15) is 0 Å². The Balaban J connectivity index is 1.37. The molecule has 0 aliphatic rings. The molecular weight excluding hydrogens is 449 g/mol. The summed E-state index contributed by atoms with van der Waals surface area (Å²) in [6, 6.07) is 21.2. The topological polar surface area (TPSA) is 87.2 Å². The lowest BCUT2D eigenvalue weighted by molar-refractivity contribution is 0.215. The van der Waals surface area contributed by atoms with Gasteiger partial charge >= 0.3 is 6.09 Å². The van der Waals surface area contributed by atoms with Crippen molar-refractivity contribution in [3.8, 4) is 22.8 Å². The second kappa shape index (κ2) is 8.07. The predicted molar refractivity (Wildman–Crippen MR) is 127 cm³/mol. The van der Waals surface area contributed by atoms with Crippen molar-refractivity contribution in [1.29, 1.82) is 0 Å². The van der Waals surface area contributed by atoms with Crippen LogP contribution in [0.4, 0.5) is 10.6 Å². The number of para-hydroxylation sites is 1. The highest BCUT2D eigenvalue weighted by molar-refractivity contribution is 6.39. The summed E-state index contributed by atoms with van der Waals surface area (Å²) < 4.78 is 5.42. The summed E-state index contributed by atoms with van der Waals surface area (Å²) in [6.07, 6.45) is -0.650. The summed E-state index contributed by atoms with van der Waals surface area (Å²) in [5.74, 6) is 0.739. The van der Waals surface area contributed by atoms with Crippen LogP contribution < -0.4 is 10.1 Å². The highest BCUT2D eigenvalue weighted by atomic mass is 35.5. The van der Waals surface area contributed by atoms with E-state index < -0.39 is 6.09 Å². The van der Waals surface area contributed by atoms with Gasteiger partial charge in [-0.05, 0) is 48.5 Å². The van der Waals surface area contributed by atoms with Crippen molar-refractivity contribution < 1.29 is 14.6 Å². The Morgan fingerprint density at radius 2 is 1.69 bits per heavy atom. The van der Waals surface area contributed by atoms with Crippen molar-refractivity contribution in [3.05, 3.63) is 82.8 Å². The van der Waals surface area contributed by atoms with Gasteiger partial charge in [-0.25, -0.2) is 9.78 Å². The summed E-state index contributed by atoms with van der Waals surface area (Å²) in [5, 5.41) is 14.8. The number of carbonyl (C=O) groups excluding carboxylic acids is 1. The van der Waals surface area contributed by atoms with Gasteiger partial charge in [0.05, 0.1) is 15.6 Å². The molecule has 0 aliphatic carbocycles. The molecule has 0 aliphatic heterocycles. The second-order valence-corrected chi connectivity index (χ2v) is 7.93. The molecular formula is C24H15Cl2N3O3. The molecule has 5 rings (SSSR count). The molecule has 3 aromatic carbocycles. The molecule has 158 valence electrons. The van der Waals surface area contributed by atoms with Crippen LogP contribution in [0.5, 0.6) is 11.5 Å². The number of anilines is 1. The summed E-state index contributed by atoms with van der Waals surface area (Å²) in [4.78, 5) is 20.0. The van der Waals surface area contributed by atoms with E-state index in [2.05, 4.69) is 15.3 Å². The fourth-order valence-corrected chi connectivity index (χ4v) is 4.17. The van der Waals surface area contributed by atoms with Gasteiger partial charge in [-0.2, -0.15) is 0 Å². The average Bonchev–Trinajstić information content (AvgIpc) is 3.15. The van der Waals surface area contributed by atoms with E-state index in [1.807, 2.05) is 42.5 Å². The number of phenols is 1. The number of nitrogens with zero attached hydrogens (tertiary/aromatic N) is 1. The number of aromatic nitrogens is 2. The number of fused-ring (bicyclic) bond motifs is 2. The zero-order valence-corrected chi connectivity index (χ0v) is 17.9. The van der Waals surface area contributed by atoms with E-state index >= 15 is 0 Å². The van der Waals surface area contributed by atoms with Crippen molar-refractivity contribution >= 4 is 56.9 Å². The van der Waals surface area contributed by atoms with Crippen LogP contribution in [-0.2, 0) is 0 Å². The molecule has 8 heteroatoms. The first-order chi connectivity index (χ1) is 15.5. The number of amides is 1. The Hall–Kier alpha value is -3.74. The Labute approximate surface area is 192 Å². The molecule has 3 N–H and O–H groups in total. The van der Waals surface area contributed by atoms with E-state index in [-0.39, 0.29) is 5.75 Å². The van der Waals surface area contributed by atoms with Gasteiger partial charge < -0.3 is 14.8 Å². The lowest BCUT2D eigenvalue weighted by Gasteiger charge is -2.07. The number of aromatic hydroxyl groups is 1. The third-order valence-corrected chi connectivity index (χ3v) is 5.53. The number of hydrogen-bond donors (Lipinski definition) is 3. The SMILES string of the molecule is O=C(Nc1ccc2ccccc2n1)Oc1ccc2cc(-c3c(Cl)cc(O)cc3Cl)[nH]c2c1. The third-order valence-electron chi connectivity index (χ3n) is 4.93. The maximum atomic E-state index is 12.4. The number of hydrogen-bond acceptors (Lipinski definition) is 4. The first kappa shape index (κ1) is 20.2. The minimum atomic E-state index is -0.650. The molecule has 0 atom stereocenters. The van der Waals surface area contributed by atoms with Crippen molar-refractivity contribution in [1.82, 2.24) is 9.97 Å². The lowest BCUT2D eigenvalue weighted by Crippen LogP contribution is -2.17. The van der Waals surface area contributed by atoms with E-state index in [0.717, 1.165) is 21.8 Å². The normalized spacial score (nSPS) is 11.1. The predicted octanol–water partition coefficient (Wildman–Crippen LogP) is 7.01. The van der Waals surface area contributed by atoms with E-state index in [1.54, 1.807) is 18.2 Å². The van der Waals surface area contributed by atoms with Gasteiger partial charge in [-0.3, -0.25) is 5.32 Å². The van der Waals surface area contributed by atoms with Crippen LogP contribution >= 0.6 is 23.2 Å². The van der Waals surface area contributed by atoms with E-state index in [0.29, 0.717) is 32.9 Å². The number of nitrogens with one attached hydrogen (secondary N) is 2. The van der Waals surface area contributed by atoms with Crippen LogP contribution in [0.3, 0.4) is 0 Å². The highest BCUT2D eigenvalue weighted by Crippen LogP contribution is 2.38. The van der Waals surface area contributed by atoms with Crippen molar-refractivity contribution in [2.24, 2.45) is 0 Å². The quantitative estimate of drug-likeness (QED) is 0.268. The maximum Gasteiger partial charge on any atom is 0.418 e. The Kier molecular flexibility index (Phi) is 5.09. The largest absolute Gasteiger partial charge is 0.508 e. The lowest BCUT2D eigenvalue weighted by atomic mass is 10.1. The first-order valence-electron chi connectivity index (χ1n) is 9.62. The summed E-state index contributed by atoms with van der Waals surface area (Å²) in [6.45, 7) is 0. The van der Waals surface area contributed by atoms with Crippen LogP contribution in [0.2, 0.25) is 10.0 Å². The number of aromatic amines is 1. The molecule has 0 spiro atoms. The number of phenolic OH excluding ortho intramolecular Hbond substituents is 1. The smallest absolute Gasteiger partial charge is 0.418 e. The van der Waals surface area contributed by atoms with Crippen LogP contribution in [0, 0.1) is 0 Å². The number of benzene rings is 3. The molecule has 2 aromatic heterocycles. The monoisotopic (exact) mass is 463 g/mol. The fraction of sp³-hybridized carbons (Fsp3) is 0. The molecule has 0 bridgehead atoms. The zero-order valence-electron chi connectivity index (χ0n) is 16.4. The fourth-order valence-electron chi connectivity index (χ4n) is 3.49. The van der Waals surface area contributed by atoms with Gasteiger partial charge in [-0.15, -0.1) is 0 Å². The van der Waals surface area contributed by atoms with E-state index in [1.165, 1.54) is 12.1 Å². The van der Waals surface area contributed by atoms with Gasteiger partial charge in [0.15, 0.2) is 0 Å². The Morgan fingerprint density at radius 3 is 2.50 bits per heavy atom. The molecule has 0 unspecified atom stereocenters. The van der Waals surface area contributed by atoms with Crippen LogP contribution in [0.15, 0.2) is 72.8 Å². The maximum absolute atomic E-state index is 12.4. The van der Waals surface area contributed by atoms with Crippen molar-refractivity contribution in [3.63, 3.8) is 0 Å². The molecule has 0 radical (unpaired) electrons. The standard InChI is InChI=1S/C24H15Cl2N3O3/c25-17-10-15(30)11-18(26)23(17)21-9-14-5-7-16(12-20(14)27-21)32-24(31)29-22-8-6-13-3-1-2-4-19(13)28-22/h1-12,27,30H,(H,28,29,31). The number of rotatable bonds is 3. The van der Waals surface area contributed by atoms with Crippen LogP contribution in [0.25, 0.3) is 33.1 Å². The number of H-pyrrole nitrogens is 1. The molecule has 5 aromatic rings. The molecule has 32 heavy (non-hydrogen) atoms. The van der Waals surface area contributed by atoms with Gasteiger partial charge in [0.1, 0.15) is 17.3 Å². The number of ether oxygens (including phenoxy) is 1. The van der Waals surface area contributed by atoms with Gasteiger partial charge in [0, 0.05) is 33.6 Å². The molecule has 6 nitrogen and oxygen atoms in total. The minimum absolute atomic E-state index is 0.0116. The number of halogens is 2. The zero-order chi connectivity index (χ0) is 22.2. The average molecular weight is 464 g/mol. The third kappa shape index (κ3) is 3.93. The van der Waals surface area contributed by atoms with E-state index in [4.69, 9.17) is 27.9 Å².